The van der Waals surface area contributed by atoms with E-state index in [1.165, 1.54) is 44.2 Å². The van der Waals surface area contributed by atoms with Crippen LogP contribution in [0.25, 0.3) is 22.5 Å². The maximum Gasteiger partial charge on any atom is 0.380 e. The second kappa shape index (κ2) is 14.3. The fourth-order valence-corrected chi connectivity index (χ4v) is 7.84. The summed E-state index contributed by atoms with van der Waals surface area (Å²) in [6, 6.07) is 26.1. The summed E-state index contributed by atoms with van der Waals surface area (Å²) in [4.78, 5) is 57.0. The normalized spacial score (nSPS) is 14.5. The minimum atomic E-state index is -4.20. The first-order valence-corrected chi connectivity index (χ1v) is 18.7. The van der Waals surface area contributed by atoms with Crippen molar-refractivity contribution < 1.29 is 27.7 Å². The van der Waals surface area contributed by atoms with Gasteiger partial charge < -0.3 is 9.88 Å². The summed E-state index contributed by atoms with van der Waals surface area (Å²) >= 11 is 6.20. The van der Waals surface area contributed by atoms with Gasteiger partial charge in [0.15, 0.2) is 4.87 Å². The zero-order valence-corrected chi connectivity index (χ0v) is 31.2. The lowest BCUT2D eigenvalue weighted by Crippen LogP contribution is -2.53. The summed E-state index contributed by atoms with van der Waals surface area (Å²) in [5.74, 6) is -1.83. The molecule has 0 saturated carbocycles. The zero-order valence-electron chi connectivity index (χ0n) is 29.7. The van der Waals surface area contributed by atoms with Gasteiger partial charge in [-0.05, 0) is 72.3 Å². The number of hydrogen-bond acceptors (Lipinski definition) is 6. The van der Waals surface area contributed by atoms with Gasteiger partial charge in [-0.15, -0.1) is 0 Å². The smallest absolute Gasteiger partial charge is 0.340 e. The maximum absolute atomic E-state index is 15.2. The molecule has 2 heterocycles. The third kappa shape index (κ3) is 6.92. The number of nitroso groups, excluding NO2 is 1. The van der Waals surface area contributed by atoms with Crippen molar-refractivity contribution >= 4 is 50.7 Å². The van der Waals surface area contributed by atoms with Crippen LogP contribution in [0.4, 0.5) is 16.2 Å². The van der Waals surface area contributed by atoms with Crippen LogP contribution in [0.2, 0.25) is 5.02 Å². The highest BCUT2D eigenvalue weighted by atomic mass is 35.5. The number of ketones is 1. The van der Waals surface area contributed by atoms with Crippen LogP contribution >= 0.6 is 11.6 Å². The lowest BCUT2D eigenvalue weighted by molar-refractivity contribution is -0.729. The molecule has 4 aromatic carbocycles. The number of urea groups is 1. The standard InChI is InChI=1S/C39H37ClN6O6S/c1-6-44-33(26-15-9-7-10-16-26)25(3)32(34(44)27-17-11-8-12-18-27)36(47)35(45-38(49)42-39(4,5)46(45)50)37(48)41-31-23-28(22-21-24(31)2)53(51,52)43-30-20-14-13-19-29(30)40/h7-23,35,43H,6H2,1-5H3,(H-,41,42,48,49)/p+1. The van der Waals surface area contributed by atoms with Crippen molar-refractivity contribution in [1.82, 2.24) is 14.9 Å². The fraction of sp³-hybridized carbons (Fsp3) is 0.205. The van der Waals surface area contributed by atoms with E-state index in [4.69, 9.17) is 11.6 Å². The average molecular weight is 754 g/mol. The number of halogens is 1. The second-order valence-electron chi connectivity index (χ2n) is 13.1. The van der Waals surface area contributed by atoms with Gasteiger partial charge in [0.2, 0.25) is 11.8 Å². The molecule has 1 fully saturated rings. The van der Waals surface area contributed by atoms with Crippen LogP contribution < -0.4 is 15.4 Å². The van der Waals surface area contributed by atoms with E-state index in [0.717, 1.165) is 11.3 Å². The molecule has 1 aliphatic rings. The summed E-state index contributed by atoms with van der Waals surface area (Å²) in [5.41, 5.74) is 2.62. The first-order valence-electron chi connectivity index (χ1n) is 16.8. The Balaban J connectivity index is 1.49. The first kappa shape index (κ1) is 37.0. The maximum atomic E-state index is 15.2. The summed E-state index contributed by atoms with van der Waals surface area (Å²) in [5, 5.41) is 5.97. The summed E-state index contributed by atoms with van der Waals surface area (Å²) in [7, 11) is -4.20. The number of carbonyl (C=O) groups excluding carboxylic acids is 3. The van der Waals surface area contributed by atoms with Gasteiger partial charge in [0, 0.05) is 31.6 Å². The van der Waals surface area contributed by atoms with Crippen LogP contribution in [0.15, 0.2) is 108 Å². The van der Waals surface area contributed by atoms with E-state index in [-0.39, 0.29) is 31.7 Å². The molecule has 1 unspecified atom stereocenters. The van der Waals surface area contributed by atoms with Crippen molar-refractivity contribution in [3.05, 3.63) is 130 Å². The van der Waals surface area contributed by atoms with E-state index in [1.807, 2.05) is 72.2 Å². The van der Waals surface area contributed by atoms with Gasteiger partial charge >= 0.3 is 11.7 Å². The second-order valence-corrected chi connectivity index (χ2v) is 15.2. The molecule has 1 aliphatic heterocycles. The Hall–Kier alpha value is -5.79. The molecule has 12 nitrogen and oxygen atoms in total. The summed E-state index contributed by atoms with van der Waals surface area (Å²) < 4.78 is 31.3. The van der Waals surface area contributed by atoms with Gasteiger partial charge in [-0.25, -0.2) is 13.2 Å². The van der Waals surface area contributed by atoms with Crippen LogP contribution in [-0.2, 0) is 21.4 Å². The summed E-state index contributed by atoms with van der Waals surface area (Å²) in [6.07, 6.45) is 0. The lowest BCUT2D eigenvalue weighted by atomic mass is 9.95. The number of anilines is 2. The molecule has 3 N–H and O–H groups in total. The monoisotopic (exact) mass is 753 g/mol. The average Bonchev–Trinajstić information content (AvgIpc) is 3.54. The molecule has 0 radical (unpaired) electrons. The van der Waals surface area contributed by atoms with Crippen molar-refractivity contribution in [2.75, 3.05) is 10.0 Å². The van der Waals surface area contributed by atoms with Crippen molar-refractivity contribution in [1.29, 1.82) is 0 Å². The lowest BCUT2D eigenvalue weighted by Gasteiger charge is -2.20. The number of Topliss-reactive ketones (excluding diaryl/α,β-unsaturated/α-hetero) is 1. The minimum absolute atomic E-state index is 0.0438. The molecule has 0 spiro atoms. The Bertz CT molecular complexity index is 2380. The van der Waals surface area contributed by atoms with Crippen molar-refractivity contribution in [3.8, 4) is 22.5 Å². The number of benzene rings is 4. The number of hydrogen-bond donors (Lipinski definition) is 3. The Labute approximate surface area is 312 Å². The van der Waals surface area contributed by atoms with Gasteiger partial charge in [-0.2, -0.15) is 0 Å². The summed E-state index contributed by atoms with van der Waals surface area (Å²) in [6.45, 7) is 8.70. The van der Waals surface area contributed by atoms with E-state index in [0.29, 0.717) is 33.9 Å². The van der Waals surface area contributed by atoms with Gasteiger partial charge in [-0.3, -0.25) is 19.6 Å². The third-order valence-electron chi connectivity index (χ3n) is 9.10. The molecule has 3 amide bonds. The molecule has 53 heavy (non-hydrogen) atoms. The van der Waals surface area contributed by atoms with Crippen molar-refractivity contribution in [2.24, 2.45) is 0 Å². The van der Waals surface area contributed by atoms with Crippen LogP contribution in [0, 0.1) is 18.8 Å². The predicted octanol–water partition coefficient (Wildman–Crippen LogP) is 7.56. The molecular weight excluding hydrogens is 716 g/mol. The quantitative estimate of drug-likeness (QED) is 0.0720. The zero-order chi connectivity index (χ0) is 38.2. The third-order valence-corrected chi connectivity index (χ3v) is 10.8. The van der Waals surface area contributed by atoms with Gasteiger partial charge in [0.1, 0.15) is 0 Å². The van der Waals surface area contributed by atoms with E-state index in [9.17, 15) is 22.9 Å². The number of carbonyl (C=O) groups is 3. The molecule has 1 saturated heterocycles. The number of sulfonamides is 1. The number of aromatic nitrogens is 1. The topological polar surface area (TPSA) is 150 Å². The first-order chi connectivity index (χ1) is 25.2. The van der Waals surface area contributed by atoms with Crippen LogP contribution in [0.1, 0.15) is 42.3 Å². The molecule has 1 atom stereocenters. The Kier molecular flexibility index (Phi) is 9.99. The fourth-order valence-electron chi connectivity index (χ4n) is 6.50. The van der Waals surface area contributed by atoms with Crippen LogP contribution in [0.5, 0.6) is 0 Å². The van der Waals surface area contributed by atoms with E-state index >= 15 is 4.79 Å². The van der Waals surface area contributed by atoms with Crippen LogP contribution in [0.3, 0.4) is 0 Å². The molecule has 5 aromatic rings. The number of nitrogens with zero attached hydrogens (tertiary/aromatic N) is 3. The van der Waals surface area contributed by atoms with Crippen molar-refractivity contribution in [3.63, 3.8) is 0 Å². The Morgan fingerprint density at radius 1 is 0.868 bits per heavy atom. The molecule has 0 bridgehead atoms. The van der Waals surface area contributed by atoms with Crippen LogP contribution in [-0.4, -0.2) is 52.3 Å². The number of rotatable bonds is 11. The molecule has 0 aliphatic carbocycles. The number of aryl methyl sites for hydroxylation is 1. The van der Waals surface area contributed by atoms with Crippen molar-refractivity contribution in [2.45, 2.75) is 57.8 Å². The molecule has 272 valence electrons. The van der Waals surface area contributed by atoms with Gasteiger partial charge in [0.25, 0.3) is 15.9 Å². The minimum Gasteiger partial charge on any atom is -0.340 e. The Morgan fingerprint density at radius 2 is 1.45 bits per heavy atom. The highest BCUT2D eigenvalue weighted by Gasteiger charge is 2.60. The predicted molar refractivity (Wildman–Crippen MR) is 204 cm³/mol. The van der Waals surface area contributed by atoms with Gasteiger partial charge in [0.05, 0.1) is 31.9 Å². The highest BCUT2D eigenvalue weighted by Crippen LogP contribution is 2.39. The molecular formula is C39H38ClN6O6S+. The Morgan fingerprint density at radius 3 is 2.02 bits per heavy atom. The number of para-hydroxylation sites is 1. The van der Waals surface area contributed by atoms with E-state index in [1.54, 1.807) is 26.0 Å². The highest BCUT2D eigenvalue weighted by molar-refractivity contribution is 7.92. The number of nitrogens with one attached hydrogen (secondary N) is 3. The SMILES string of the molecule is CCn1c(-c2ccccc2)c(C)c(C(=O)C(C(=O)Nc2cc(S(=O)(=O)Nc3ccccc3Cl)ccc2C)N2C(=O)NC(C)(C)[N+]2=O)c1-c1ccccc1. The molecule has 6 rings (SSSR count). The van der Waals surface area contributed by atoms with E-state index in [2.05, 4.69) is 15.4 Å². The molecule has 14 heteroatoms. The number of amides is 3. The molecule has 1 aromatic heterocycles. The van der Waals surface area contributed by atoms with Gasteiger partial charge in [-0.1, -0.05) is 90.5 Å². The van der Waals surface area contributed by atoms with E-state index < -0.39 is 39.4 Å². The largest absolute Gasteiger partial charge is 0.380 e. The number of hydrazine groups is 1.